The summed E-state index contributed by atoms with van der Waals surface area (Å²) in [4.78, 5) is 27.3. The van der Waals surface area contributed by atoms with Crippen molar-refractivity contribution in [1.29, 1.82) is 0 Å². The Bertz CT molecular complexity index is 566. The zero-order chi connectivity index (χ0) is 16.4. The molecule has 1 aliphatic heterocycles. The first kappa shape index (κ1) is 16.5. The highest BCUT2D eigenvalue weighted by Crippen LogP contribution is 2.32. The van der Waals surface area contributed by atoms with Crippen LogP contribution in [0.3, 0.4) is 0 Å². The van der Waals surface area contributed by atoms with Gasteiger partial charge in [0, 0.05) is 23.9 Å². The fourth-order valence-electron chi connectivity index (χ4n) is 3.06. The molecule has 3 rings (SSSR count). The molecule has 2 aliphatic rings. The Hall–Kier alpha value is -1.40. The second-order valence-electron chi connectivity index (χ2n) is 6.87. The monoisotopic (exact) mass is 336 g/mol. The molecule has 1 aliphatic carbocycles. The van der Waals surface area contributed by atoms with Gasteiger partial charge in [-0.15, -0.1) is 11.3 Å². The average molecular weight is 336 g/mol. The number of likely N-dealkylation sites (tertiary alicyclic amines) is 1. The molecule has 2 heterocycles. The highest BCUT2D eigenvalue weighted by atomic mass is 32.1. The molecule has 2 amide bonds. The third kappa shape index (κ3) is 3.93. The molecule has 1 aromatic heterocycles. The summed E-state index contributed by atoms with van der Waals surface area (Å²) in [5.41, 5.74) is -1.05. The summed E-state index contributed by atoms with van der Waals surface area (Å²) in [5.74, 6) is 0.199. The van der Waals surface area contributed by atoms with Crippen LogP contribution >= 0.6 is 11.3 Å². The topological polar surface area (TPSA) is 69.6 Å². The molecule has 6 heteroatoms. The van der Waals surface area contributed by atoms with Crippen LogP contribution in [-0.4, -0.2) is 41.5 Å². The second-order valence-corrected chi connectivity index (χ2v) is 7.81. The minimum absolute atomic E-state index is 0.0601. The van der Waals surface area contributed by atoms with E-state index in [1.54, 1.807) is 6.92 Å². The van der Waals surface area contributed by atoms with Gasteiger partial charge < -0.3 is 15.3 Å². The van der Waals surface area contributed by atoms with Crippen LogP contribution in [0.2, 0.25) is 0 Å². The van der Waals surface area contributed by atoms with Crippen molar-refractivity contribution in [3.8, 4) is 0 Å². The van der Waals surface area contributed by atoms with E-state index in [4.69, 9.17) is 0 Å². The molecule has 1 saturated heterocycles. The van der Waals surface area contributed by atoms with Crippen molar-refractivity contribution < 1.29 is 14.7 Å². The van der Waals surface area contributed by atoms with Crippen molar-refractivity contribution >= 4 is 23.2 Å². The molecule has 2 fully saturated rings. The van der Waals surface area contributed by atoms with Crippen molar-refractivity contribution in [3.05, 3.63) is 22.4 Å². The standard InChI is InChI=1S/C17H24N2O3S/c1-17(22,14-5-3-9-23-14)11-18-15(20)13-4-2-8-19(10-13)16(21)12-6-7-12/h3,5,9,12-13,22H,2,4,6-8,10-11H2,1H3,(H,18,20). The van der Waals surface area contributed by atoms with Gasteiger partial charge in [0.15, 0.2) is 0 Å². The predicted molar refractivity (Wildman–Crippen MR) is 88.9 cm³/mol. The molecule has 2 atom stereocenters. The van der Waals surface area contributed by atoms with E-state index < -0.39 is 5.60 Å². The molecule has 5 nitrogen and oxygen atoms in total. The van der Waals surface area contributed by atoms with E-state index in [0.717, 1.165) is 37.1 Å². The number of carbonyl (C=O) groups is 2. The average Bonchev–Trinajstić information content (AvgIpc) is 3.25. The molecule has 0 aromatic carbocycles. The fourth-order valence-corrected chi connectivity index (χ4v) is 3.84. The SMILES string of the molecule is CC(O)(CNC(=O)C1CCCN(C(=O)C2CC2)C1)c1cccs1. The lowest BCUT2D eigenvalue weighted by atomic mass is 9.96. The van der Waals surface area contributed by atoms with Crippen LogP contribution in [0, 0.1) is 11.8 Å². The summed E-state index contributed by atoms with van der Waals surface area (Å²) in [5, 5.41) is 15.3. The Labute approximate surface area is 140 Å². The number of hydrogen-bond acceptors (Lipinski definition) is 4. The van der Waals surface area contributed by atoms with Gasteiger partial charge in [-0.3, -0.25) is 9.59 Å². The molecule has 0 spiro atoms. The second kappa shape index (κ2) is 6.61. The Morgan fingerprint density at radius 3 is 2.83 bits per heavy atom. The lowest BCUT2D eigenvalue weighted by molar-refractivity contribution is -0.137. The first-order valence-corrected chi connectivity index (χ1v) is 9.18. The molecular weight excluding hydrogens is 312 g/mol. The van der Waals surface area contributed by atoms with Crippen LogP contribution < -0.4 is 5.32 Å². The van der Waals surface area contributed by atoms with Crippen molar-refractivity contribution in [2.75, 3.05) is 19.6 Å². The van der Waals surface area contributed by atoms with Crippen molar-refractivity contribution in [3.63, 3.8) is 0 Å². The van der Waals surface area contributed by atoms with E-state index in [0.29, 0.717) is 6.54 Å². The van der Waals surface area contributed by atoms with E-state index in [9.17, 15) is 14.7 Å². The predicted octanol–water partition coefficient (Wildman–Crippen LogP) is 1.72. The zero-order valence-electron chi connectivity index (χ0n) is 13.5. The van der Waals surface area contributed by atoms with Crippen LogP contribution in [0.25, 0.3) is 0 Å². The molecule has 2 unspecified atom stereocenters. The van der Waals surface area contributed by atoms with Crippen LogP contribution in [0.15, 0.2) is 17.5 Å². The molecule has 1 aromatic rings. The largest absolute Gasteiger partial charge is 0.383 e. The van der Waals surface area contributed by atoms with Crippen molar-refractivity contribution in [2.45, 2.75) is 38.2 Å². The maximum Gasteiger partial charge on any atom is 0.225 e. The first-order valence-electron chi connectivity index (χ1n) is 8.30. The molecular formula is C17H24N2O3S. The molecule has 2 N–H and O–H groups in total. The number of nitrogens with one attached hydrogen (secondary N) is 1. The highest BCUT2D eigenvalue weighted by Gasteiger charge is 2.37. The number of carbonyl (C=O) groups excluding carboxylic acids is 2. The van der Waals surface area contributed by atoms with Crippen LogP contribution in [0.5, 0.6) is 0 Å². The van der Waals surface area contributed by atoms with Gasteiger partial charge in [-0.05, 0) is 44.1 Å². The number of hydrogen-bond donors (Lipinski definition) is 2. The summed E-state index contributed by atoms with van der Waals surface area (Å²) >= 11 is 1.48. The first-order chi connectivity index (χ1) is 11.0. The minimum Gasteiger partial charge on any atom is -0.383 e. The van der Waals surface area contributed by atoms with Crippen LogP contribution in [-0.2, 0) is 15.2 Å². The molecule has 126 valence electrons. The van der Waals surface area contributed by atoms with Gasteiger partial charge in [0.05, 0.1) is 12.5 Å². The highest BCUT2D eigenvalue weighted by molar-refractivity contribution is 7.10. The quantitative estimate of drug-likeness (QED) is 0.860. The number of rotatable bonds is 5. The summed E-state index contributed by atoms with van der Waals surface area (Å²) in [6, 6.07) is 3.76. The van der Waals surface area contributed by atoms with E-state index >= 15 is 0 Å². The lowest BCUT2D eigenvalue weighted by Gasteiger charge is -2.33. The molecule has 0 radical (unpaired) electrons. The number of thiophene rings is 1. The lowest BCUT2D eigenvalue weighted by Crippen LogP contribution is -2.48. The maximum absolute atomic E-state index is 12.4. The molecule has 0 bridgehead atoms. The van der Waals surface area contributed by atoms with E-state index in [-0.39, 0.29) is 30.2 Å². The summed E-state index contributed by atoms with van der Waals surface area (Å²) in [6.45, 7) is 3.19. The summed E-state index contributed by atoms with van der Waals surface area (Å²) < 4.78 is 0. The van der Waals surface area contributed by atoms with Crippen LogP contribution in [0.4, 0.5) is 0 Å². The zero-order valence-corrected chi connectivity index (χ0v) is 14.3. The number of amides is 2. The third-order valence-electron chi connectivity index (χ3n) is 4.69. The van der Waals surface area contributed by atoms with E-state index in [1.165, 1.54) is 11.3 Å². The van der Waals surface area contributed by atoms with Gasteiger partial charge in [0.25, 0.3) is 0 Å². The van der Waals surface area contributed by atoms with Gasteiger partial charge in [-0.1, -0.05) is 6.07 Å². The van der Waals surface area contributed by atoms with Crippen molar-refractivity contribution in [1.82, 2.24) is 10.2 Å². The molecule has 1 saturated carbocycles. The number of piperidine rings is 1. The van der Waals surface area contributed by atoms with Crippen molar-refractivity contribution in [2.24, 2.45) is 11.8 Å². The number of nitrogens with zero attached hydrogens (tertiary/aromatic N) is 1. The van der Waals surface area contributed by atoms with E-state index in [1.807, 2.05) is 22.4 Å². The summed E-state index contributed by atoms with van der Waals surface area (Å²) in [6.07, 6.45) is 3.67. The van der Waals surface area contributed by atoms with Gasteiger partial charge in [-0.25, -0.2) is 0 Å². The smallest absolute Gasteiger partial charge is 0.225 e. The normalized spacial score (nSPS) is 24.1. The van der Waals surface area contributed by atoms with Gasteiger partial charge in [-0.2, -0.15) is 0 Å². The maximum atomic E-state index is 12.4. The fraction of sp³-hybridized carbons (Fsp3) is 0.647. The van der Waals surface area contributed by atoms with Gasteiger partial charge in [0.1, 0.15) is 5.60 Å². The van der Waals surface area contributed by atoms with Gasteiger partial charge >= 0.3 is 0 Å². The Kier molecular flexibility index (Phi) is 4.73. The Morgan fingerprint density at radius 1 is 1.39 bits per heavy atom. The minimum atomic E-state index is -1.05. The summed E-state index contributed by atoms with van der Waals surface area (Å²) in [7, 11) is 0. The molecule has 23 heavy (non-hydrogen) atoms. The Balaban J connectivity index is 1.52. The number of aliphatic hydroxyl groups is 1. The van der Waals surface area contributed by atoms with E-state index in [2.05, 4.69) is 5.32 Å². The van der Waals surface area contributed by atoms with Crippen LogP contribution in [0.1, 0.15) is 37.5 Å². The Morgan fingerprint density at radius 2 is 2.17 bits per heavy atom. The van der Waals surface area contributed by atoms with Gasteiger partial charge in [0.2, 0.25) is 11.8 Å². The third-order valence-corrected chi connectivity index (χ3v) is 5.81.